The normalized spacial score (nSPS) is 15.0. The number of nitrogens with zero attached hydrogens (tertiary/aromatic N) is 2. The number of rotatable bonds is 31. The number of carbonyl (C=O) groups excluding carboxylic acids is 6. The van der Waals surface area contributed by atoms with Crippen molar-refractivity contribution in [3.63, 3.8) is 0 Å². The van der Waals surface area contributed by atoms with Crippen LogP contribution in [0, 0.1) is 0 Å². The summed E-state index contributed by atoms with van der Waals surface area (Å²) in [6.07, 6.45) is -0.990. The number of carbonyl (C=O) groups is 6. The summed E-state index contributed by atoms with van der Waals surface area (Å²) in [6.45, 7) is 1.87. The molecule has 0 unspecified atom stereocenters. The van der Waals surface area contributed by atoms with Gasteiger partial charge in [-0.15, -0.1) is 10.1 Å². The van der Waals surface area contributed by atoms with Crippen LogP contribution in [-0.4, -0.2) is 178 Å². The van der Waals surface area contributed by atoms with Crippen molar-refractivity contribution >= 4 is 35.6 Å². The molecule has 0 radical (unpaired) electrons. The van der Waals surface area contributed by atoms with Gasteiger partial charge < -0.3 is 57.0 Å². The van der Waals surface area contributed by atoms with E-state index in [1.165, 1.54) is 0 Å². The van der Waals surface area contributed by atoms with E-state index < -0.39 is 54.9 Å². The number of hydroxylamine groups is 4. The third-order valence-electron chi connectivity index (χ3n) is 6.45. The minimum absolute atomic E-state index is 0.0000654. The highest BCUT2D eigenvalue weighted by atomic mass is 16.7. The van der Waals surface area contributed by atoms with Gasteiger partial charge in [-0.2, -0.15) is 0 Å². The van der Waals surface area contributed by atoms with Gasteiger partial charge in [-0.3, -0.25) is 19.2 Å². The molecule has 2 rings (SSSR count). The van der Waals surface area contributed by atoms with Crippen LogP contribution in [0.4, 0.5) is 0 Å². The topological polar surface area (TPSA) is 220 Å². The summed E-state index contributed by atoms with van der Waals surface area (Å²) in [6, 6.07) is 0. The summed E-state index contributed by atoms with van der Waals surface area (Å²) in [7, 11) is 3.15. The predicted molar refractivity (Wildman–Crippen MR) is 163 cm³/mol. The van der Waals surface area contributed by atoms with Crippen molar-refractivity contribution in [2.24, 2.45) is 0 Å². The van der Waals surface area contributed by atoms with E-state index in [2.05, 4.69) is 0 Å². The summed E-state index contributed by atoms with van der Waals surface area (Å²) >= 11 is 0. The van der Waals surface area contributed by atoms with Gasteiger partial charge in [0.1, 0.15) is 25.4 Å². The maximum Gasteiger partial charge on any atom is 0.358 e. The Labute approximate surface area is 289 Å². The Kier molecular flexibility index (Phi) is 22.9. The molecule has 0 aromatic carbocycles. The van der Waals surface area contributed by atoms with Crippen molar-refractivity contribution < 1.29 is 85.8 Å². The van der Waals surface area contributed by atoms with Crippen molar-refractivity contribution in [3.05, 3.63) is 0 Å². The van der Waals surface area contributed by atoms with E-state index in [1.54, 1.807) is 14.2 Å². The Morgan fingerprint density at radius 2 is 0.780 bits per heavy atom. The molecule has 20 nitrogen and oxygen atoms in total. The fourth-order valence-corrected chi connectivity index (χ4v) is 3.98. The SMILES string of the molecule is COCCOCC(COCCOC)OCCOC(COCCOCC(=O)ON1C(=O)CCC1=O)COCCOCC(=O)ON1C(=O)CCC1=O. The van der Waals surface area contributed by atoms with E-state index in [9.17, 15) is 28.8 Å². The smallest absolute Gasteiger partial charge is 0.358 e. The molecule has 0 aliphatic carbocycles. The molecular formula is C30H48N2O18. The molecule has 2 aliphatic rings. The van der Waals surface area contributed by atoms with Crippen LogP contribution in [-0.2, 0) is 85.8 Å². The molecule has 0 aromatic rings. The molecule has 0 bridgehead atoms. The minimum Gasteiger partial charge on any atom is -0.382 e. The molecular weight excluding hydrogens is 676 g/mol. The molecule has 0 aromatic heterocycles. The highest BCUT2D eigenvalue weighted by molar-refractivity contribution is 6.02. The molecule has 2 heterocycles. The first-order valence-corrected chi connectivity index (χ1v) is 16.1. The zero-order valence-corrected chi connectivity index (χ0v) is 28.5. The number of imide groups is 2. The maximum absolute atomic E-state index is 11.9. The lowest BCUT2D eigenvalue weighted by Crippen LogP contribution is -2.34. The van der Waals surface area contributed by atoms with Crippen LogP contribution in [0.15, 0.2) is 0 Å². The lowest BCUT2D eigenvalue weighted by Gasteiger charge is -2.21. The van der Waals surface area contributed by atoms with Crippen LogP contribution in [0.3, 0.4) is 0 Å². The number of hydrogen-bond acceptors (Lipinski definition) is 18. The second-order valence-corrected chi connectivity index (χ2v) is 10.5. The molecule has 20 heteroatoms. The van der Waals surface area contributed by atoms with Crippen molar-refractivity contribution in [2.45, 2.75) is 37.9 Å². The first kappa shape index (κ1) is 43.0. The lowest BCUT2D eigenvalue weighted by atomic mass is 10.4. The zero-order valence-electron chi connectivity index (χ0n) is 28.5. The van der Waals surface area contributed by atoms with Crippen LogP contribution in [0.25, 0.3) is 0 Å². The first-order chi connectivity index (χ1) is 24.2. The molecule has 0 N–H and O–H groups in total. The maximum atomic E-state index is 11.9. The minimum atomic E-state index is -0.900. The molecule has 286 valence electrons. The average Bonchev–Trinajstić information content (AvgIpc) is 3.59. The van der Waals surface area contributed by atoms with E-state index in [1.807, 2.05) is 0 Å². The van der Waals surface area contributed by atoms with Crippen molar-refractivity contribution in [1.82, 2.24) is 10.1 Å². The standard InChI is InChI=1S/C30H48N2O18/c1-39-7-9-41-17-23(18-42-10-8-40-2)47-15-16-48-24(19-43-11-13-45-21-29(37)49-31-25(33)3-4-26(31)34)20-44-12-14-46-22-30(38)50-32-27(35)5-6-28(32)36/h23-24H,3-22H2,1-2H3. The van der Waals surface area contributed by atoms with Gasteiger partial charge in [-0.05, 0) is 0 Å². The molecule has 2 aliphatic heterocycles. The summed E-state index contributed by atoms with van der Waals surface area (Å²) in [4.78, 5) is 79.4. The Hall–Kier alpha value is -3.18. The van der Waals surface area contributed by atoms with Crippen molar-refractivity contribution in [2.75, 3.05) is 120 Å². The summed E-state index contributed by atoms with van der Waals surface area (Å²) in [5.41, 5.74) is 0. The van der Waals surface area contributed by atoms with Gasteiger partial charge in [0, 0.05) is 39.9 Å². The largest absolute Gasteiger partial charge is 0.382 e. The van der Waals surface area contributed by atoms with Gasteiger partial charge in [0.15, 0.2) is 0 Å². The molecule has 2 saturated heterocycles. The lowest BCUT2D eigenvalue weighted by molar-refractivity contribution is -0.200. The summed E-state index contributed by atoms with van der Waals surface area (Å²) < 4.78 is 54.5. The third-order valence-corrected chi connectivity index (χ3v) is 6.45. The molecule has 0 spiro atoms. The van der Waals surface area contributed by atoms with E-state index in [0.717, 1.165) is 0 Å². The van der Waals surface area contributed by atoms with E-state index in [-0.39, 0.29) is 97.9 Å². The monoisotopic (exact) mass is 724 g/mol. The molecule has 0 atom stereocenters. The Morgan fingerprint density at radius 1 is 0.480 bits per heavy atom. The van der Waals surface area contributed by atoms with Gasteiger partial charge in [0.05, 0.1) is 92.5 Å². The van der Waals surface area contributed by atoms with Gasteiger partial charge in [-0.1, -0.05) is 0 Å². The predicted octanol–water partition coefficient (Wildman–Crippen LogP) is -1.64. The summed E-state index contributed by atoms with van der Waals surface area (Å²) in [5.74, 6) is -4.16. The Bertz CT molecular complexity index is 939. The van der Waals surface area contributed by atoms with Crippen molar-refractivity contribution in [3.8, 4) is 0 Å². The molecule has 4 amide bonds. The quantitative estimate of drug-likeness (QED) is 0.0578. The Balaban J connectivity index is 1.71. The number of amides is 4. The van der Waals surface area contributed by atoms with Gasteiger partial charge in [-0.25, -0.2) is 9.59 Å². The fraction of sp³-hybridized carbons (Fsp3) is 0.800. The molecule has 0 saturated carbocycles. The summed E-state index contributed by atoms with van der Waals surface area (Å²) in [5, 5.41) is 0.878. The number of methoxy groups -OCH3 is 2. The third kappa shape index (κ3) is 18.7. The van der Waals surface area contributed by atoms with Crippen LogP contribution in [0.5, 0.6) is 0 Å². The van der Waals surface area contributed by atoms with Gasteiger partial charge in [0.2, 0.25) is 0 Å². The van der Waals surface area contributed by atoms with Crippen molar-refractivity contribution in [1.29, 1.82) is 0 Å². The molecule has 2 fully saturated rings. The van der Waals surface area contributed by atoms with E-state index >= 15 is 0 Å². The number of ether oxygens (including phenoxy) is 10. The molecule has 50 heavy (non-hydrogen) atoms. The van der Waals surface area contributed by atoms with Crippen LogP contribution >= 0.6 is 0 Å². The van der Waals surface area contributed by atoms with E-state index in [0.29, 0.717) is 36.6 Å². The van der Waals surface area contributed by atoms with Crippen LogP contribution in [0.2, 0.25) is 0 Å². The Morgan fingerprint density at radius 3 is 1.10 bits per heavy atom. The van der Waals surface area contributed by atoms with Crippen LogP contribution in [0.1, 0.15) is 25.7 Å². The second-order valence-electron chi connectivity index (χ2n) is 10.5. The van der Waals surface area contributed by atoms with E-state index in [4.69, 9.17) is 57.0 Å². The first-order valence-electron chi connectivity index (χ1n) is 16.1. The van der Waals surface area contributed by atoms with Crippen LogP contribution < -0.4 is 0 Å². The average molecular weight is 725 g/mol. The van der Waals surface area contributed by atoms with Gasteiger partial charge >= 0.3 is 11.9 Å². The second kappa shape index (κ2) is 26.6. The number of hydrogen-bond donors (Lipinski definition) is 0. The highest BCUT2D eigenvalue weighted by Gasteiger charge is 2.33. The fourth-order valence-electron chi connectivity index (χ4n) is 3.98. The van der Waals surface area contributed by atoms with Gasteiger partial charge in [0.25, 0.3) is 23.6 Å². The highest BCUT2D eigenvalue weighted by Crippen LogP contribution is 2.13. The zero-order chi connectivity index (χ0) is 36.4.